The topological polar surface area (TPSA) is 103 Å². The highest BCUT2D eigenvalue weighted by molar-refractivity contribution is 7.89. The second-order valence-electron chi connectivity index (χ2n) is 6.28. The van der Waals surface area contributed by atoms with E-state index in [0.29, 0.717) is 50.2 Å². The van der Waals surface area contributed by atoms with Crippen LogP contribution in [0.5, 0.6) is 0 Å². The highest BCUT2D eigenvalue weighted by Crippen LogP contribution is 2.25. The fraction of sp³-hybridized carbons (Fsp3) is 0.667. The van der Waals surface area contributed by atoms with Crippen LogP contribution in [0, 0.1) is 5.92 Å². The first kappa shape index (κ1) is 18.0. The molecule has 3 rings (SSSR count). The third-order valence-electron chi connectivity index (χ3n) is 4.36. The van der Waals surface area contributed by atoms with Crippen molar-refractivity contribution in [1.29, 1.82) is 0 Å². The standard InChI is InChI=1S/C15H23N5O4S/c1-19-10-15(16-11-19)25(21,22)20-6-3-12(4-7-20)9-14-17-13(18-24-14)5-8-23-2/h10-12H,3-9H2,1-2H3. The molecular formula is C15H23N5O4S. The molecule has 0 radical (unpaired) electrons. The zero-order chi connectivity index (χ0) is 17.9. The highest BCUT2D eigenvalue weighted by Gasteiger charge is 2.31. The monoisotopic (exact) mass is 369 g/mol. The van der Waals surface area contributed by atoms with Gasteiger partial charge in [-0.2, -0.15) is 9.29 Å². The van der Waals surface area contributed by atoms with E-state index < -0.39 is 10.0 Å². The number of nitrogens with zero attached hydrogens (tertiary/aromatic N) is 5. The Morgan fingerprint density at radius 1 is 1.36 bits per heavy atom. The van der Waals surface area contributed by atoms with Crippen molar-refractivity contribution in [3.8, 4) is 0 Å². The molecule has 25 heavy (non-hydrogen) atoms. The summed E-state index contributed by atoms with van der Waals surface area (Å²) < 4.78 is 38.5. The molecule has 0 aliphatic carbocycles. The van der Waals surface area contributed by atoms with Crippen molar-refractivity contribution in [2.24, 2.45) is 13.0 Å². The van der Waals surface area contributed by atoms with Crippen molar-refractivity contribution in [3.05, 3.63) is 24.2 Å². The average Bonchev–Trinajstić information content (AvgIpc) is 3.23. The first-order chi connectivity index (χ1) is 12.0. The number of aryl methyl sites for hydroxylation is 1. The molecule has 0 spiro atoms. The van der Waals surface area contributed by atoms with Crippen molar-refractivity contribution < 1.29 is 17.7 Å². The molecule has 1 fully saturated rings. The van der Waals surface area contributed by atoms with E-state index in [9.17, 15) is 8.42 Å². The van der Waals surface area contributed by atoms with E-state index in [1.807, 2.05) is 0 Å². The summed E-state index contributed by atoms with van der Waals surface area (Å²) in [5, 5.41) is 4.04. The van der Waals surface area contributed by atoms with Crippen LogP contribution in [0.25, 0.3) is 0 Å². The number of aromatic nitrogens is 4. The first-order valence-corrected chi connectivity index (χ1v) is 9.71. The van der Waals surface area contributed by atoms with Gasteiger partial charge in [-0.15, -0.1) is 0 Å². The summed E-state index contributed by atoms with van der Waals surface area (Å²) >= 11 is 0. The number of rotatable bonds is 7. The van der Waals surface area contributed by atoms with Gasteiger partial charge in [0.15, 0.2) is 10.9 Å². The van der Waals surface area contributed by atoms with E-state index in [2.05, 4.69) is 15.1 Å². The minimum Gasteiger partial charge on any atom is -0.384 e. The fourth-order valence-electron chi connectivity index (χ4n) is 2.92. The molecule has 0 amide bonds. The van der Waals surface area contributed by atoms with Crippen LogP contribution in [0.15, 0.2) is 22.1 Å². The number of hydrogen-bond donors (Lipinski definition) is 0. The summed E-state index contributed by atoms with van der Waals surface area (Å²) in [4.78, 5) is 8.32. The highest BCUT2D eigenvalue weighted by atomic mass is 32.2. The Hall–Kier alpha value is -1.78. The average molecular weight is 369 g/mol. The molecule has 1 aliphatic heterocycles. The zero-order valence-electron chi connectivity index (χ0n) is 14.5. The van der Waals surface area contributed by atoms with Gasteiger partial charge >= 0.3 is 0 Å². The van der Waals surface area contributed by atoms with Crippen LogP contribution in [0.1, 0.15) is 24.6 Å². The van der Waals surface area contributed by atoms with E-state index in [0.717, 1.165) is 12.8 Å². The van der Waals surface area contributed by atoms with Crippen LogP contribution in [-0.4, -0.2) is 59.2 Å². The smallest absolute Gasteiger partial charge is 0.262 e. The predicted molar refractivity (Wildman–Crippen MR) is 88.3 cm³/mol. The van der Waals surface area contributed by atoms with Crippen LogP contribution in [0.3, 0.4) is 0 Å². The predicted octanol–water partition coefficient (Wildman–Crippen LogP) is 0.635. The van der Waals surface area contributed by atoms with Gasteiger partial charge in [0.1, 0.15) is 0 Å². The first-order valence-electron chi connectivity index (χ1n) is 8.27. The molecular weight excluding hydrogens is 346 g/mol. The summed E-state index contributed by atoms with van der Waals surface area (Å²) in [6.45, 7) is 1.52. The molecule has 2 aromatic rings. The Morgan fingerprint density at radius 2 is 2.12 bits per heavy atom. The SMILES string of the molecule is COCCc1noc(CC2CCN(S(=O)(=O)c3cn(C)cn3)CC2)n1. The van der Waals surface area contributed by atoms with E-state index >= 15 is 0 Å². The molecule has 0 atom stereocenters. The summed E-state index contributed by atoms with van der Waals surface area (Å²) in [7, 11) is -0.121. The van der Waals surface area contributed by atoms with Crippen molar-refractivity contribution in [3.63, 3.8) is 0 Å². The number of methoxy groups -OCH3 is 1. The lowest BCUT2D eigenvalue weighted by Crippen LogP contribution is -2.39. The van der Waals surface area contributed by atoms with Gasteiger partial charge in [-0.1, -0.05) is 5.16 Å². The summed E-state index contributed by atoms with van der Waals surface area (Å²) in [6, 6.07) is 0. The molecule has 10 heteroatoms. The lowest BCUT2D eigenvalue weighted by atomic mass is 9.95. The van der Waals surface area contributed by atoms with E-state index in [1.165, 1.54) is 16.8 Å². The lowest BCUT2D eigenvalue weighted by Gasteiger charge is -2.29. The Kier molecular flexibility index (Phi) is 5.50. The molecule has 138 valence electrons. The van der Waals surface area contributed by atoms with Gasteiger partial charge in [0.05, 0.1) is 12.9 Å². The van der Waals surface area contributed by atoms with Crippen LogP contribution < -0.4 is 0 Å². The number of piperidine rings is 1. The quantitative estimate of drug-likeness (QED) is 0.705. The fourth-order valence-corrected chi connectivity index (χ4v) is 4.36. The van der Waals surface area contributed by atoms with Crippen LogP contribution >= 0.6 is 0 Å². The molecule has 3 heterocycles. The maximum atomic E-state index is 12.6. The Morgan fingerprint density at radius 3 is 2.76 bits per heavy atom. The Labute approximate surface area is 147 Å². The van der Waals surface area contributed by atoms with Crippen molar-refractivity contribution in [2.45, 2.75) is 30.7 Å². The number of imidazole rings is 1. The molecule has 0 unspecified atom stereocenters. The summed E-state index contributed by atoms with van der Waals surface area (Å²) in [5.41, 5.74) is 0. The van der Waals surface area contributed by atoms with Crippen LogP contribution in [0.2, 0.25) is 0 Å². The molecule has 0 saturated carbocycles. The number of hydrogen-bond acceptors (Lipinski definition) is 7. The molecule has 9 nitrogen and oxygen atoms in total. The minimum absolute atomic E-state index is 0.105. The molecule has 0 aromatic carbocycles. The minimum atomic E-state index is -3.51. The van der Waals surface area contributed by atoms with Gasteiger partial charge in [0.2, 0.25) is 5.89 Å². The zero-order valence-corrected chi connectivity index (χ0v) is 15.3. The molecule has 1 aliphatic rings. The second-order valence-corrected chi connectivity index (χ2v) is 8.16. The third-order valence-corrected chi connectivity index (χ3v) is 6.15. The van der Waals surface area contributed by atoms with Crippen LogP contribution in [0.4, 0.5) is 0 Å². The third kappa shape index (κ3) is 4.25. The van der Waals surface area contributed by atoms with Gasteiger partial charge in [0.25, 0.3) is 10.0 Å². The summed E-state index contributed by atoms with van der Waals surface area (Å²) in [5.74, 6) is 1.59. The lowest BCUT2D eigenvalue weighted by molar-refractivity contribution is 0.199. The maximum absolute atomic E-state index is 12.6. The molecule has 2 aromatic heterocycles. The van der Waals surface area contributed by atoms with Crippen LogP contribution in [-0.2, 0) is 34.6 Å². The van der Waals surface area contributed by atoms with Gasteiger partial charge in [-0.05, 0) is 18.8 Å². The molecule has 0 bridgehead atoms. The van der Waals surface area contributed by atoms with Gasteiger partial charge in [-0.3, -0.25) is 0 Å². The normalized spacial score (nSPS) is 17.2. The molecule has 1 saturated heterocycles. The van der Waals surface area contributed by atoms with Gasteiger partial charge in [0, 0.05) is 46.3 Å². The van der Waals surface area contributed by atoms with Gasteiger partial charge < -0.3 is 13.8 Å². The van der Waals surface area contributed by atoms with E-state index in [-0.39, 0.29) is 5.03 Å². The number of ether oxygens (including phenoxy) is 1. The largest absolute Gasteiger partial charge is 0.384 e. The molecule has 0 N–H and O–H groups in total. The Balaban J connectivity index is 1.54. The van der Waals surface area contributed by atoms with Gasteiger partial charge in [-0.25, -0.2) is 13.4 Å². The van der Waals surface area contributed by atoms with E-state index in [4.69, 9.17) is 9.26 Å². The second kappa shape index (κ2) is 7.63. The van der Waals surface area contributed by atoms with E-state index in [1.54, 1.807) is 18.7 Å². The van der Waals surface area contributed by atoms with Crippen molar-refractivity contribution in [1.82, 2.24) is 24.0 Å². The van der Waals surface area contributed by atoms with Crippen molar-refractivity contribution >= 4 is 10.0 Å². The maximum Gasteiger partial charge on any atom is 0.262 e. The summed E-state index contributed by atoms with van der Waals surface area (Å²) in [6.07, 6.45) is 5.86. The van der Waals surface area contributed by atoms with Crippen molar-refractivity contribution in [2.75, 3.05) is 26.8 Å². The Bertz CT molecular complexity index is 792. The number of sulfonamides is 1.